The van der Waals surface area contributed by atoms with Gasteiger partial charge in [-0.15, -0.1) is 0 Å². The lowest BCUT2D eigenvalue weighted by Gasteiger charge is -2.23. The lowest BCUT2D eigenvalue weighted by molar-refractivity contribution is 0.267. The molecule has 1 aromatic heterocycles. The lowest BCUT2D eigenvalue weighted by Crippen LogP contribution is -2.35. The average Bonchev–Trinajstić information content (AvgIpc) is 2.33. The first-order chi connectivity index (χ1) is 7.86. The maximum absolute atomic E-state index is 5.71. The zero-order valence-corrected chi connectivity index (χ0v) is 10.9. The molecule has 1 aliphatic heterocycles. The van der Waals surface area contributed by atoms with Gasteiger partial charge in [-0.05, 0) is 47.8 Å². The van der Waals surface area contributed by atoms with Crippen molar-refractivity contribution in [2.45, 2.75) is 31.7 Å². The van der Waals surface area contributed by atoms with E-state index in [-0.39, 0.29) is 0 Å². The van der Waals surface area contributed by atoms with E-state index in [4.69, 9.17) is 4.74 Å². The Labute approximate surface area is 105 Å². The SMILES string of the molecule is Brc1cnccc1OCCC1CCCCN1. The van der Waals surface area contributed by atoms with Crippen LogP contribution in [0.5, 0.6) is 5.75 Å². The molecule has 0 radical (unpaired) electrons. The summed E-state index contributed by atoms with van der Waals surface area (Å²) >= 11 is 3.42. The highest BCUT2D eigenvalue weighted by Gasteiger charge is 2.12. The Bertz CT molecular complexity index is 327. The van der Waals surface area contributed by atoms with Crippen molar-refractivity contribution in [3.05, 3.63) is 22.9 Å². The first-order valence-electron chi connectivity index (χ1n) is 5.82. The third-order valence-corrected chi connectivity index (χ3v) is 3.47. The van der Waals surface area contributed by atoms with Crippen molar-refractivity contribution in [1.82, 2.24) is 10.3 Å². The van der Waals surface area contributed by atoms with Crippen LogP contribution in [0.1, 0.15) is 25.7 Å². The minimum atomic E-state index is 0.634. The van der Waals surface area contributed by atoms with Gasteiger partial charge in [0.05, 0.1) is 11.1 Å². The summed E-state index contributed by atoms with van der Waals surface area (Å²) < 4.78 is 6.64. The highest BCUT2D eigenvalue weighted by atomic mass is 79.9. The molecule has 0 aromatic carbocycles. The first-order valence-corrected chi connectivity index (χ1v) is 6.61. The van der Waals surface area contributed by atoms with E-state index in [0.717, 1.165) is 29.8 Å². The van der Waals surface area contributed by atoms with E-state index >= 15 is 0 Å². The van der Waals surface area contributed by atoms with Gasteiger partial charge < -0.3 is 10.1 Å². The van der Waals surface area contributed by atoms with Crippen LogP contribution in [0.3, 0.4) is 0 Å². The number of pyridine rings is 1. The smallest absolute Gasteiger partial charge is 0.136 e. The molecule has 1 aliphatic rings. The molecule has 3 nitrogen and oxygen atoms in total. The molecule has 16 heavy (non-hydrogen) atoms. The largest absolute Gasteiger partial charge is 0.492 e. The second kappa shape index (κ2) is 6.21. The zero-order chi connectivity index (χ0) is 11.2. The third kappa shape index (κ3) is 3.46. The van der Waals surface area contributed by atoms with E-state index in [9.17, 15) is 0 Å². The molecule has 1 fully saturated rings. The minimum Gasteiger partial charge on any atom is -0.492 e. The Hall–Kier alpha value is -0.610. The van der Waals surface area contributed by atoms with E-state index < -0.39 is 0 Å². The van der Waals surface area contributed by atoms with Crippen LogP contribution in [0, 0.1) is 0 Å². The maximum Gasteiger partial charge on any atom is 0.136 e. The minimum absolute atomic E-state index is 0.634. The summed E-state index contributed by atoms with van der Waals surface area (Å²) in [6, 6.07) is 2.52. The van der Waals surface area contributed by atoms with Crippen molar-refractivity contribution < 1.29 is 4.74 Å². The van der Waals surface area contributed by atoms with Crippen LogP contribution in [0.25, 0.3) is 0 Å². The van der Waals surface area contributed by atoms with Crippen LogP contribution >= 0.6 is 15.9 Å². The number of hydrogen-bond donors (Lipinski definition) is 1. The number of nitrogens with zero attached hydrogens (tertiary/aromatic N) is 1. The predicted molar refractivity (Wildman–Crippen MR) is 67.7 cm³/mol. The van der Waals surface area contributed by atoms with Gasteiger partial charge in [0, 0.05) is 18.4 Å². The molecular weight excluding hydrogens is 268 g/mol. The van der Waals surface area contributed by atoms with Crippen LogP contribution in [-0.4, -0.2) is 24.2 Å². The Kier molecular flexibility index (Phi) is 4.60. The Balaban J connectivity index is 1.73. The highest BCUT2D eigenvalue weighted by molar-refractivity contribution is 9.10. The van der Waals surface area contributed by atoms with Gasteiger partial charge in [-0.2, -0.15) is 0 Å². The van der Waals surface area contributed by atoms with E-state index in [1.165, 1.54) is 19.3 Å². The summed E-state index contributed by atoms with van der Waals surface area (Å²) in [5, 5.41) is 3.52. The fourth-order valence-corrected chi connectivity index (χ4v) is 2.33. The van der Waals surface area contributed by atoms with Crippen LogP contribution in [0.2, 0.25) is 0 Å². The molecule has 4 heteroatoms. The molecule has 1 saturated heterocycles. The molecule has 0 saturated carbocycles. The van der Waals surface area contributed by atoms with E-state index in [1.54, 1.807) is 12.4 Å². The van der Waals surface area contributed by atoms with Crippen molar-refractivity contribution in [2.75, 3.05) is 13.2 Å². The predicted octanol–water partition coefficient (Wildman–Crippen LogP) is 2.76. The van der Waals surface area contributed by atoms with Crippen molar-refractivity contribution in [2.24, 2.45) is 0 Å². The van der Waals surface area contributed by atoms with E-state index in [1.807, 2.05) is 6.07 Å². The number of ether oxygens (including phenoxy) is 1. The summed E-state index contributed by atoms with van der Waals surface area (Å²) in [7, 11) is 0. The molecule has 1 unspecified atom stereocenters. The number of rotatable bonds is 4. The van der Waals surface area contributed by atoms with Crippen molar-refractivity contribution in [3.8, 4) is 5.75 Å². The van der Waals surface area contributed by atoms with Gasteiger partial charge in [-0.25, -0.2) is 0 Å². The van der Waals surface area contributed by atoms with Crippen molar-refractivity contribution >= 4 is 15.9 Å². The molecule has 2 heterocycles. The van der Waals surface area contributed by atoms with Crippen molar-refractivity contribution in [1.29, 1.82) is 0 Å². The van der Waals surface area contributed by atoms with Gasteiger partial charge in [-0.1, -0.05) is 6.42 Å². The molecule has 0 aliphatic carbocycles. The second-order valence-electron chi connectivity index (χ2n) is 4.09. The molecule has 0 spiro atoms. The number of halogens is 1. The Morgan fingerprint density at radius 1 is 1.50 bits per heavy atom. The molecule has 0 bridgehead atoms. The average molecular weight is 285 g/mol. The summed E-state index contributed by atoms with van der Waals surface area (Å²) in [5.41, 5.74) is 0. The molecule has 1 aromatic rings. The summed E-state index contributed by atoms with van der Waals surface area (Å²) in [6.07, 6.45) is 8.52. The molecule has 0 amide bonds. The van der Waals surface area contributed by atoms with E-state index in [0.29, 0.717) is 6.04 Å². The Morgan fingerprint density at radius 2 is 2.44 bits per heavy atom. The first kappa shape index (κ1) is 11.9. The van der Waals surface area contributed by atoms with Gasteiger partial charge in [0.1, 0.15) is 5.75 Å². The molecule has 1 N–H and O–H groups in total. The second-order valence-corrected chi connectivity index (χ2v) is 4.94. The number of aromatic nitrogens is 1. The standard InChI is InChI=1S/C12H17BrN2O/c13-11-9-14-7-4-12(11)16-8-5-10-3-1-2-6-15-10/h4,7,9-10,15H,1-3,5-6,8H2. The van der Waals surface area contributed by atoms with Gasteiger partial charge >= 0.3 is 0 Å². The third-order valence-electron chi connectivity index (χ3n) is 2.87. The number of piperidine rings is 1. The fraction of sp³-hybridized carbons (Fsp3) is 0.583. The van der Waals surface area contributed by atoms with E-state index in [2.05, 4.69) is 26.2 Å². The van der Waals surface area contributed by atoms with Crippen LogP contribution in [0.15, 0.2) is 22.9 Å². The molecule has 88 valence electrons. The molecule has 2 rings (SSSR count). The fourth-order valence-electron chi connectivity index (χ4n) is 1.96. The summed E-state index contributed by atoms with van der Waals surface area (Å²) in [4.78, 5) is 4.00. The van der Waals surface area contributed by atoms with Crippen LogP contribution in [0.4, 0.5) is 0 Å². The summed E-state index contributed by atoms with van der Waals surface area (Å²) in [5.74, 6) is 0.880. The maximum atomic E-state index is 5.71. The van der Waals surface area contributed by atoms with Crippen LogP contribution in [-0.2, 0) is 0 Å². The summed E-state index contributed by atoms with van der Waals surface area (Å²) in [6.45, 7) is 1.92. The topological polar surface area (TPSA) is 34.1 Å². The quantitative estimate of drug-likeness (QED) is 0.923. The van der Waals surface area contributed by atoms with Gasteiger partial charge in [0.25, 0.3) is 0 Å². The highest BCUT2D eigenvalue weighted by Crippen LogP contribution is 2.23. The Morgan fingerprint density at radius 3 is 3.19 bits per heavy atom. The zero-order valence-electron chi connectivity index (χ0n) is 9.29. The van der Waals surface area contributed by atoms with Gasteiger partial charge in [-0.3, -0.25) is 4.98 Å². The molecular formula is C12H17BrN2O. The van der Waals surface area contributed by atoms with Crippen molar-refractivity contribution in [3.63, 3.8) is 0 Å². The number of hydrogen-bond acceptors (Lipinski definition) is 3. The normalized spacial score (nSPS) is 20.7. The molecule has 1 atom stereocenters. The van der Waals surface area contributed by atoms with Gasteiger partial charge in [0.15, 0.2) is 0 Å². The van der Waals surface area contributed by atoms with Gasteiger partial charge in [0.2, 0.25) is 0 Å². The monoisotopic (exact) mass is 284 g/mol. The lowest BCUT2D eigenvalue weighted by atomic mass is 10.0. The number of nitrogens with one attached hydrogen (secondary N) is 1. The van der Waals surface area contributed by atoms with Crippen LogP contribution < -0.4 is 10.1 Å².